The van der Waals surface area contributed by atoms with Gasteiger partial charge in [-0.3, -0.25) is 0 Å². The summed E-state index contributed by atoms with van der Waals surface area (Å²) in [6.45, 7) is 1.73. The van der Waals surface area contributed by atoms with Crippen LogP contribution in [-0.2, 0) is 9.84 Å². The molecule has 0 aliphatic heterocycles. The molecule has 0 aliphatic carbocycles. The van der Waals surface area contributed by atoms with Crippen LogP contribution in [0.15, 0.2) is 18.2 Å². The summed E-state index contributed by atoms with van der Waals surface area (Å²) in [6.07, 6.45) is 0.556. The van der Waals surface area contributed by atoms with Gasteiger partial charge in [-0.25, -0.2) is 12.8 Å². The van der Waals surface area contributed by atoms with Crippen LogP contribution in [-0.4, -0.2) is 31.5 Å². The highest BCUT2D eigenvalue weighted by atomic mass is 32.2. The van der Waals surface area contributed by atoms with Gasteiger partial charge < -0.3 is 10.5 Å². The number of hydrogen-bond acceptors (Lipinski definition) is 4. The molecule has 2 N–H and O–H groups in total. The summed E-state index contributed by atoms with van der Waals surface area (Å²) in [5.41, 5.74) is 5.42. The molecule has 106 valence electrons. The minimum absolute atomic E-state index is 0.00499. The Balaban J connectivity index is 2.74. The van der Waals surface area contributed by atoms with Gasteiger partial charge in [0.25, 0.3) is 0 Å². The monoisotopic (exact) mass is 305 g/mol. The van der Waals surface area contributed by atoms with Crippen LogP contribution in [0.5, 0.6) is 5.75 Å². The Bertz CT molecular complexity index is 558. The summed E-state index contributed by atoms with van der Waals surface area (Å²) < 4.78 is 41.8. The number of ether oxygens (including phenoxy) is 1. The standard InChI is InChI=1S/C12H16FNO3S2/c1-2-7-19(15,16)8-6-17-10-5-3-4-9(13)11(10)12(14)18/h3-5H,2,6-8H2,1H3,(H2,14,18). The molecule has 0 spiro atoms. The van der Waals surface area contributed by atoms with Crippen LogP contribution in [0.1, 0.15) is 18.9 Å². The maximum Gasteiger partial charge on any atom is 0.153 e. The van der Waals surface area contributed by atoms with Crippen molar-refractivity contribution in [1.29, 1.82) is 0 Å². The van der Waals surface area contributed by atoms with Crippen LogP contribution in [0.3, 0.4) is 0 Å². The molecule has 0 bridgehead atoms. The van der Waals surface area contributed by atoms with E-state index in [4.69, 9.17) is 22.7 Å². The fourth-order valence-corrected chi connectivity index (χ4v) is 2.92. The topological polar surface area (TPSA) is 69.4 Å². The van der Waals surface area contributed by atoms with E-state index in [1.165, 1.54) is 18.2 Å². The third-order valence-corrected chi connectivity index (χ3v) is 4.41. The van der Waals surface area contributed by atoms with Crippen LogP contribution in [0.25, 0.3) is 0 Å². The fourth-order valence-electron chi connectivity index (χ4n) is 1.56. The normalized spacial score (nSPS) is 11.3. The molecule has 0 saturated carbocycles. The molecule has 1 rings (SSSR count). The van der Waals surface area contributed by atoms with Crippen LogP contribution >= 0.6 is 12.2 Å². The van der Waals surface area contributed by atoms with E-state index in [9.17, 15) is 12.8 Å². The molecule has 0 atom stereocenters. The molecule has 0 heterocycles. The van der Waals surface area contributed by atoms with Gasteiger partial charge in [-0.2, -0.15) is 0 Å². The van der Waals surface area contributed by atoms with Crippen LogP contribution in [0, 0.1) is 5.82 Å². The van der Waals surface area contributed by atoms with E-state index < -0.39 is 15.7 Å². The van der Waals surface area contributed by atoms with Crippen molar-refractivity contribution in [2.45, 2.75) is 13.3 Å². The third kappa shape index (κ3) is 4.76. The molecule has 7 heteroatoms. The summed E-state index contributed by atoms with van der Waals surface area (Å²) in [4.78, 5) is -0.121. The zero-order valence-corrected chi connectivity index (χ0v) is 12.2. The van der Waals surface area contributed by atoms with Crippen molar-refractivity contribution >= 4 is 27.0 Å². The van der Waals surface area contributed by atoms with Gasteiger partial charge in [0.1, 0.15) is 23.2 Å². The Kier molecular flexibility index (Phi) is 5.68. The van der Waals surface area contributed by atoms with E-state index in [0.29, 0.717) is 6.42 Å². The number of thiocarbonyl (C=S) groups is 1. The lowest BCUT2D eigenvalue weighted by Gasteiger charge is -2.11. The van der Waals surface area contributed by atoms with Gasteiger partial charge in [-0.05, 0) is 18.6 Å². The number of rotatable bonds is 7. The Hall–Kier alpha value is -1.21. The minimum atomic E-state index is -3.13. The maximum atomic E-state index is 13.5. The SMILES string of the molecule is CCCS(=O)(=O)CCOc1cccc(F)c1C(N)=S. The first kappa shape index (κ1) is 15.8. The molecular weight excluding hydrogens is 289 g/mol. The van der Waals surface area contributed by atoms with Crippen molar-refractivity contribution in [3.63, 3.8) is 0 Å². The van der Waals surface area contributed by atoms with Crippen molar-refractivity contribution in [3.05, 3.63) is 29.6 Å². The highest BCUT2D eigenvalue weighted by Crippen LogP contribution is 2.21. The lowest BCUT2D eigenvalue weighted by Crippen LogP contribution is -2.19. The van der Waals surface area contributed by atoms with Crippen molar-refractivity contribution in [2.24, 2.45) is 5.73 Å². The predicted molar refractivity (Wildman–Crippen MR) is 76.7 cm³/mol. The second-order valence-electron chi connectivity index (χ2n) is 3.98. The first-order valence-electron chi connectivity index (χ1n) is 5.79. The summed E-state index contributed by atoms with van der Waals surface area (Å²) in [7, 11) is -3.13. The fraction of sp³-hybridized carbons (Fsp3) is 0.417. The van der Waals surface area contributed by atoms with Gasteiger partial charge in [0.2, 0.25) is 0 Å². The molecule has 0 amide bonds. The number of hydrogen-bond donors (Lipinski definition) is 1. The second kappa shape index (κ2) is 6.81. The predicted octanol–water partition coefficient (Wildman–Crippen LogP) is 1.66. The molecule has 0 aliphatic rings. The number of benzene rings is 1. The molecule has 0 radical (unpaired) electrons. The third-order valence-electron chi connectivity index (χ3n) is 2.39. The average Bonchev–Trinajstić information content (AvgIpc) is 2.28. The van der Waals surface area contributed by atoms with Crippen LogP contribution in [0.4, 0.5) is 4.39 Å². The van der Waals surface area contributed by atoms with Gasteiger partial charge >= 0.3 is 0 Å². The molecule has 0 fully saturated rings. The Morgan fingerprint density at radius 2 is 2.11 bits per heavy atom. The smallest absolute Gasteiger partial charge is 0.153 e. The van der Waals surface area contributed by atoms with Crippen molar-refractivity contribution < 1.29 is 17.5 Å². The lowest BCUT2D eigenvalue weighted by molar-refractivity contribution is 0.338. The molecule has 1 aromatic rings. The van der Waals surface area contributed by atoms with E-state index in [-0.39, 0.29) is 34.4 Å². The Morgan fingerprint density at radius 3 is 2.68 bits per heavy atom. The zero-order chi connectivity index (χ0) is 14.5. The summed E-state index contributed by atoms with van der Waals surface area (Å²) in [6, 6.07) is 4.17. The summed E-state index contributed by atoms with van der Waals surface area (Å²) >= 11 is 4.74. The number of sulfone groups is 1. The molecule has 0 unspecified atom stereocenters. The number of nitrogens with two attached hydrogens (primary N) is 1. The van der Waals surface area contributed by atoms with E-state index in [0.717, 1.165) is 0 Å². The molecular formula is C12H16FNO3S2. The van der Waals surface area contributed by atoms with Crippen LogP contribution in [0.2, 0.25) is 0 Å². The summed E-state index contributed by atoms with van der Waals surface area (Å²) in [5.74, 6) is -0.420. The Morgan fingerprint density at radius 1 is 1.42 bits per heavy atom. The molecule has 0 saturated heterocycles. The van der Waals surface area contributed by atoms with Gasteiger partial charge in [0.15, 0.2) is 9.84 Å². The first-order valence-corrected chi connectivity index (χ1v) is 8.02. The first-order chi connectivity index (χ1) is 8.87. The van der Waals surface area contributed by atoms with E-state index >= 15 is 0 Å². The quantitative estimate of drug-likeness (QED) is 0.776. The van der Waals surface area contributed by atoms with Gasteiger partial charge in [0, 0.05) is 0 Å². The lowest BCUT2D eigenvalue weighted by atomic mass is 10.2. The van der Waals surface area contributed by atoms with Gasteiger partial charge in [-0.1, -0.05) is 25.2 Å². The van der Waals surface area contributed by atoms with Gasteiger partial charge in [-0.15, -0.1) is 0 Å². The molecule has 19 heavy (non-hydrogen) atoms. The van der Waals surface area contributed by atoms with Gasteiger partial charge in [0.05, 0.1) is 17.1 Å². The molecule has 1 aromatic carbocycles. The second-order valence-corrected chi connectivity index (χ2v) is 6.72. The molecule has 0 aromatic heterocycles. The highest BCUT2D eigenvalue weighted by molar-refractivity contribution is 7.91. The van der Waals surface area contributed by atoms with E-state index in [1.807, 2.05) is 0 Å². The zero-order valence-electron chi connectivity index (χ0n) is 10.6. The van der Waals surface area contributed by atoms with Crippen molar-refractivity contribution in [2.75, 3.05) is 18.1 Å². The molecule has 4 nitrogen and oxygen atoms in total. The summed E-state index contributed by atoms with van der Waals surface area (Å²) in [5, 5.41) is 0. The number of halogens is 1. The minimum Gasteiger partial charge on any atom is -0.492 e. The van der Waals surface area contributed by atoms with E-state index in [2.05, 4.69) is 0 Å². The average molecular weight is 305 g/mol. The maximum absolute atomic E-state index is 13.5. The van der Waals surface area contributed by atoms with Crippen molar-refractivity contribution in [1.82, 2.24) is 0 Å². The van der Waals surface area contributed by atoms with Crippen LogP contribution < -0.4 is 10.5 Å². The highest BCUT2D eigenvalue weighted by Gasteiger charge is 2.14. The van der Waals surface area contributed by atoms with E-state index in [1.54, 1.807) is 6.92 Å². The van der Waals surface area contributed by atoms with Crippen molar-refractivity contribution in [3.8, 4) is 5.75 Å². The Labute approximate surface area is 117 Å². The largest absolute Gasteiger partial charge is 0.492 e.